The molecule has 0 amide bonds. The number of nitrogens with one attached hydrogen (secondary N) is 2. The van der Waals surface area contributed by atoms with E-state index in [4.69, 9.17) is 0 Å². The van der Waals surface area contributed by atoms with Gasteiger partial charge in [0, 0.05) is 31.0 Å². The molecule has 1 fully saturated rings. The molecule has 14 heavy (non-hydrogen) atoms. The predicted molar refractivity (Wildman–Crippen MR) is 57.1 cm³/mol. The third-order valence-corrected chi connectivity index (χ3v) is 2.63. The number of hydrogen-bond acceptors (Lipinski definition) is 3. The topological polar surface area (TPSA) is 37.0 Å². The van der Waals surface area contributed by atoms with Crippen molar-refractivity contribution in [1.82, 2.24) is 15.6 Å². The molecule has 3 heteroatoms. The summed E-state index contributed by atoms with van der Waals surface area (Å²) in [5.41, 5.74) is 2.35. The normalized spacial score (nSPS) is 21.4. The second kappa shape index (κ2) is 4.53. The molecule has 1 atom stereocenters. The number of pyridine rings is 1. The van der Waals surface area contributed by atoms with Gasteiger partial charge in [-0.15, -0.1) is 0 Å². The summed E-state index contributed by atoms with van der Waals surface area (Å²) >= 11 is 0. The number of nitrogens with zero attached hydrogens (tertiary/aromatic N) is 1. The van der Waals surface area contributed by atoms with Gasteiger partial charge in [-0.1, -0.05) is 6.07 Å². The molecule has 0 saturated carbocycles. The molecule has 0 spiro atoms. The second-order valence-corrected chi connectivity index (χ2v) is 3.88. The maximum Gasteiger partial charge on any atom is 0.0372 e. The summed E-state index contributed by atoms with van der Waals surface area (Å²) in [4.78, 5) is 4.27. The Kier molecular flexibility index (Phi) is 3.11. The van der Waals surface area contributed by atoms with Crippen molar-refractivity contribution >= 4 is 0 Å². The monoisotopic (exact) mass is 191 g/mol. The fourth-order valence-corrected chi connectivity index (χ4v) is 1.69. The average Bonchev–Trinajstić information content (AvgIpc) is 2.70. The lowest BCUT2D eigenvalue weighted by atomic mass is 10.2. The maximum absolute atomic E-state index is 4.27. The van der Waals surface area contributed by atoms with Gasteiger partial charge < -0.3 is 10.6 Å². The van der Waals surface area contributed by atoms with Gasteiger partial charge in [-0.2, -0.15) is 0 Å². The van der Waals surface area contributed by atoms with E-state index in [1.165, 1.54) is 12.0 Å². The van der Waals surface area contributed by atoms with Crippen molar-refractivity contribution in [2.24, 2.45) is 0 Å². The van der Waals surface area contributed by atoms with E-state index in [0.29, 0.717) is 6.04 Å². The lowest BCUT2D eigenvalue weighted by molar-refractivity contribution is 0.546. The maximum atomic E-state index is 4.27. The molecule has 1 aliphatic heterocycles. The summed E-state index contributed by atoms with van der Waals surface area (Å²) in [6.45, 7) is 5.18. The van der Waals surface area contributed by atoms with Crippen molar-refractivity contribution in [2.75, 3.05) is 13.1 Å². The molecule has 2 N–H and O–H groups in total. The third kappa shape index (κ3) is 2.53. The van der Waals surface area contributed by atoms with E-state index in [2.05, 4.69) is 27.8 Å². The Balaban J connectivity index is 1.82. The average molecular weight is 191 g/mol. The Morgan fingerprint density at radius 3 is 3.14 bits per heavy atom. The van der Waals surface area contributed by atoms with Crippen LogP contribution in [0.1, 0.15) is 17.7 Å². The van der Waals surface area contributed by atoms with Crippen LogP contribution in [0.15, 0.2) is 18.3 Å². The first-order valence-electron chi connectivity index (χ1n) is 5.20. The van der Waals surface area contributed by atoms with Crippen LogP contribution in [0.3, 0.4) is 0 Å². The zero-order valence-corrected chi connectivity index (χ0v) is 8.59. The van der Waals surface area contributed by atoms with E-state index in [1.807, 2.05) is 13.1 Å². The van der Waals surface area contributed by atoms with E-state index in [-0.39, 0.29) is 0 Å². The minimum atomic E-state index is 0.635. The van der Waals surface area contributed by atoms with Gasteiger partial charge >= 0.3 is 0 Å². The molecule has 0 aromatic carbocycles. The highest BCUT2D eigenvalue weighted by Crippen LogP contribution is 2.02. The molecule has 1 aromatic rings. The molecule has 1 aromatic heterocycles. The van der Waals surface area contributed by atoms with Gasteiger partial charge in [0.25, 0.3) is 0 Å². The number of rotatable bonds is 3. The summed E-state index contributed by atoms with van der Waals surface area (Å²) in [6.07, 6.45) is 3.18. The Morgan fingerprint density at radius 1 is 1.57 bits per heavy atom. The van der Waals surface area contributed by atoms with Crippen molar-refractivity contribution in [3.05, 3.63) is 29.6 Å². The van der Waals surface area contributed by atoms with Gasteiger partial charge in [0.1, 0.15) is 0 Å². The fraction of sp³-hybridized carbons (Fsp3) is 0.545. The van der Waals surface area contributed by atoms with Crippen LogP contribution in [0.25, 0.3) is 0 Å². The first kappa shape index (κ1) is 9.62. The summed E-state index contributed by atoms with van der Waals surface area (Å²) < 4.78 is 0. The first-order chi connectivity index (χ1) is 6.84. The van der Waals surface area contributed by atoms with Crippen LogP contribution < -0.4 is 10.6 Å². The van der Waals surface area contributed by atoms with E-state index in [9.17, 15) is 0 Å². The molecule has 76 valence electrons. The molecule has 0 bridgehead atoms. The molecule has 1 aliphatic rings. The lowest BCUT2D eigenvalue weighted by Gasteiger charge is -2.10. The van der Waals surface area contributed by atoms with Crippen LogP contribution in [0.2, 0.25) is 0 Å². The standard InChI is InChI=1S/C11H17N3/c1-9-2-3-10(6-13-9)7-14-11-4-5-12-8-11/h2-3,6,11-12,14H,4-5,7-8H2,1H3. The van der Waals surface area contributed by atoms with Gasteiger partial charge in [-0.25, -0.2) is 0 Å². The fourth-order valence-electron chi connectivity index (χ4n) is 1.69. The molecule has 3 nitrogen and oxygen atoms in total. The molecular weight excluding hydrogens is 174 g/mol. The summed E-state index contributed by atoms with van der Waals surface area (Å²) in [6, 6.07) is 4.83. The Hall–Kier alpha value is -0.930. The molecule has 2 heterocycles. The molecule has 0 aliphatic carbocycles. The van der Waals surface area contributed by atoms with Crippen molar-refractivity contribution in [2.45, 2.75) is 25.9 Å². The smallest absolute Gasteiger partial charge is 0.0372 e. The summed E-state index contributed by atoms with van der Waals surface area (Å²) in [5, 5.41) is 6.85. The molecular formula is C11H17N3. The van der Waals surface area contributed by atoms with Crippen LogP contribution in [-0.2, 0) is 6.54 Å². The number of hydrogen-bond donors (Lipinski definition) is 2. The predicted octanol–water partition coefficient (Wildman–Crippen LogP) is 0.842. The van der Waals surface area contributed by atoms with Crippen molar-refractivity contribution in [3.8, 4) is 0 Å². The Labute approximate surface area is 84.9 Å². The zero-order valence-electron chi connectivity index (χ0n) is 8.59. The van der Waals surface area contributed by atoms with E-state index < -0.39 is 0 Å². The summed E-state index contributed by atoms with van der Waals surface area (Å²) in [7, 11) is 0. The highest BCUT2D eigenvalue weighted by Gasteiger charge is 2.12. The number of aryl methyl sites for hydroxylation is 1. The second-order valence-electron chi connectivity index (χ2n) is 3.88. The van der Waals surface area contributed by atoms with Gasteiger partial charge in [-0.3, -0.25) is 4.98 Å². The van der Waals surface area contributed by atoms with E-state index in [1.54, 1.807) is 0 Å². The van der Waals surface area contributed by atoms with E-state index >= 15 is 0 Å². The van der Waals surface area contributed by atoms with E-state index in [0.717, 1.165) is 25.3 Å². The van der Waals surface area contributed by atoms with Crippen molar-refractivity contribution in [3.63, 3.8) is 0 Å². The van der Waals surface area contributed by atoms with Gasteiger partial charge in [0.2, 0.25) is 0 Å². The quantitative estimate of drug-likeness (QED) is 0.743. The van der Waals surface area contributed by atoms with Crippen LogP contribution in [0.5, 0.6) is 0 Å². The largest absolute Gasteiger partial charge is 0.315 e. The van der Waals surface area contributed by atoms with Crippen LogP contribution >= 0.6 is 0 Å². The van der Waals surface area contributed by atoms with Crippen LogP contribution in [0, 0.1) is 6.92 Å². The highest BCUT2D eigenvalue weighted by molar-refractivity contribution is 5.12. The highest BCUT2D eigenvalue weighted by atomic mass is 15.0. The third-order valence-electron chi connectivity index (χ3n) is 2.63. The van der Waals surface area contributed by atoms with Gasteiger partial charge in [0.15, 0.2) is 0 Å². The molecule has 1 unspecified atom stereocenters. The van der Waals surface area contributed by atoms with Gasteiger partial charge in [0.05, 0.1) is 0 Å². The minimum absolute atomic E-state index is 0.635. The SMILES string of the molecule is Cc1ccc(CNC2CCNC2)cn1. The van der Waals surface area contributed by atoms with Gasteiger partial charge in [-0.05, 0) is 31.5 Å². The first-order valence-corrected chi connectivity index (χ1v) is 5.20. The lowest BCUT2D eigenvalue weighted by Crippen LogP contribution is -2.30. The molecule has 0 radical (unpaired) electrons. The van der Waals surface area contributed by atoms with Crippen molar-refractivity contribution < 1.29 is 0 Å². The molecule has 2 rings (SSSR count). The number of aromatic nitrogens is 1. The molecule has 1 saturated heterocycles. The van der Waals surface area contributed by atoms with Crippen LogP contribution in [0.4, 0.5) is 0 Å². The Bertz CT molecular complexity index is 275. The van der Waals surface area contributed by atoms with Crippen molar-refractivity contribution in [1.29, 1.82) is 0 Å². The zero-order chi connectivity index (χ0) is 9.80. The minimum Gasteiger partial charge on any atom is -0.315 e. The summed E-state index contributed by atoms with van der Waals surface area (Å²) in [5.74, 6) is 0. The van der Waals surface area contributed by atoms with Crippen LogP contribution in [-0.4, -0.2) is 24.1 Å². The Morgan fingerprint density at radius 2 is 2.50 bits per heavy atom.